The Morgan fingerprint density at radius 2 is 2.00 bits per heavy atom. The number of benzene rings is 1. The van der Waals surface area contributed by atoms with Crippen LogP contribution in [0.3, 0.4) is 0 Å². The van der Waals surface area contributed by atoms with Crippen LogP contribution in [0.25, 0.3) is 0 Å². The van der Waals surface area contributed by atoms with Gasteiger partial charge in [0.25, 0.3) is 0 Å². The van der Waals surface area contributed by atoms with Crippen molar-refractivity contribution in [3.05, 3.63) is 35.9 Å². The summed E-state index contributed by atoms with van der Waals surface area (Å²) < 4.78 is 0. The van der Waals surface area contributed by atoms with E-state index >= 15 is 0 Å². The first-order chi connectivity index (χ1) is 11.7. The number of hydrogen-bond acceptors (Lipinski definition) is 4. The summed E-state index contributed by atoms with van der Waals surface area (Å²) in [5.41, 5.74) is 1.42. The van der Waals surface area contributed by atoms with Crippen molar-refractivity contribution >= 4 is 17.7 Å². The second kappa shape index (κ2) is 8.88. The number of carbonyl (C=O) groups is 1. The van der Waals surface area contributed by atoms with Crippen LogP contribution in [0.2, 0.25) is 0 Å². The summed E-state index contributed by atoms with van der Waals surface area (Å²) in [6.07, 6.45) is 3.44. The van der Waals surface area contributed by atoms with E-state index in [1.807, 2.05) is 11.8 Å². The molecule has 0 bridgehead atoms. The van der Waals surface area contributed by atoms with Gasteiger partial charge in [0.05, 0.1) is 6.04 Å². The maximum Gasteiger partial charge on any atom is 0.240 e. The van der Waals surface area contributed by atoms with Gasteiger partial charge < -0.3 is 9.80 Å². The highest BCUT2D eigenvalue weighted by Crippen LogP contribution is 2.21. The smallest absolute Gasteiger partial charge is 0.240 e. The molecular formula is C19H29N3OS. The quantitative estimate of drug-likeness (QED) is 0.816. The Morgan fingerprint density at radius 3 is 2.75 bits per heavy atom. The topological polar surface area (TPSA) is 26.8 Å². The number of likely N-dealkylation sites (N-methyl/N-ethyl adjacent to an activating group) is 1. The fourth-order valence-electron chi connectivity index (χ4n) is 3.56. The first-order valence-electron chi connectivity index (χ1n) is 9.07. The van der Waals surface area contributed by atoms with Crippen LogP contribution in [0, 0.1) is 0 Å². The van der Waals surface area contributed by atoms with Crippen molar-refractivity contribution < 1.29 is 4.79 Å². The fourth-order valence-corrected chi connectivity index (χ4v) is 4.76. The molecule has 1 amide bonds. The molecule has 0 radical (unpaired) electrons. The molecule has 3 rings (SSSR count). The molecule has 1 aromatic carbocycles. The third kappa shape index (κ3) is 4.74. The Kier molecular flexibility index (Phi) is 6.58. The van der Waals surface area contributed by atoms with Gasteiger partial charge in [-0.1, -0.05) is 30.3 Å². The van der Waals surface area contributed by atoms with Gasteiger partial charge in [0.2, 0.25) is 5.91 Å². The predicted molar refractivity (Wildman–Crippen MR) is 101 cm³/mol. The van der Waals surface area contributed by atoms with Crippen LogP contribution in [0.1, 0.15) is 18.4 Å². The van der Waals surface area contributed by atoms with Gasteiger partial charge in [-0.25, -0.2) is 0 Å². The molecule has 1 atom stereocenters. The zero-order chi connectivity index (χ0) is 16.8. The number of amides is 1. The van der Waals surface area contributed by atoms with Gasteiger partial charge >= 0.3 is 0 Å². The molecule has 2 fully saturated rings. The summed E-state index contributed by atoms with van der Waals surface area (Å²) in [6, 6.07) is 10.8. The lowest BCUT2D eigenvalue weighted by Gasteiger charge is -2.27. The minimum absolute atomic E-state index is 0.0969. The van der Waals surface area contributed by atoms with Crippen LogP contribution in [0.5, 0.6) is 0 Å². The molecule has 0 unspecified atom stereocenters. The van der Waals surface area contributed by atoms with Crippen molar-refractivity contribution in [3.8, 4) is 0 Å². The summed E-state index contributed by atoms with van der Waals surface area (Å²) >= 11 is 1.87. The molecule has 2 saturated heterocycles. The second-order valence-corrected chi connectivity index (χ2v) is 7.88. The van der Waals surface area contributed by atoms with E-state index in [1.165, 1.54) is 12.0 Å². The van der Waals surface area contributed by atoms with Crippen LogP contribution in [-0.2, 0) is 11.2 Å². The van der Waals surface area contributed by atoms with E-state index in [9.17, 15) is 4.79 Å². The number of carbonyl (C=O) groups excluding carboxylic acids is 1. The van der Waals surface area contributed by atoms with E-state index in [1.54, 1.807) is 0 Å². The lowest BCUT2D eigenvalue weighted by Crippen LogP contribution is -2.46. The van der Waals surface area contributed by atoms with Crippen LogP contribution >= 0.6 is 11.8 Å². The Morgan fingerprint density at radius 1 is 1.17 bits per heavy atom. The highest BCUT2D eigenvalue weighted by Gasteiger charge is 2.32. The monoisotopic (exact) mass is 347 g/mol. The molecule has 132 valence electrons. The maximum absolute atomic E-state index is 12.7. The van der Waals surface area contributed by atoms with Gasteiger partial charge in [0, 0.05) is 31.3 Å². The van der Waals surface area contributed by atoms with Crippen molar-refractivity contribution in [3.63, 3.8) is 0 Å². The minimum atomic E-state index is 0.0969. The molecule has 4 nitrogen and oxygen atoms in total. The lowest BCUT2D eigenvalue weighted by atomic mass is 10.1. The zero-order valence-electron chi connectivity index (χ0n) is 14.7. The standard InChI is InChI=1S/C19H29N3OS/c1-20-16-24-15-18(20)19(23)22-12-6-11-21(13-14-22)10-5-9-17-7-3-2-4-8-17/h2-4,7-8,18H,5-6,9-16H2,1H3/t18-/m0/s1. The summed E-state index contributed by atoms with van der Waals surface area (Å²) in [7, 11) is 2.07. The van der Waals surface area contributed by atoms with Gasteiger partial charge in [-0.3, -0.25) is 9.69 Å². The molecule has 24 heavy (non-hydrogen) atoms. The molecule has 0 N–H and O–H groups in total. The minimum Gasteiger partial charge on any atom is -0.340 e. The second-order valence-electron chi connectivity index (χ2n) is 6.88. The SMILES string of the molecule is CN1CSC[C@H]1C(=O)N1CCCN(CCCc2ccccc2)CC1. The van der Waals surface area contributed by atoms with Gasteiger partial charge in [-0.05, 0) is 45.0 Å². The maximum atomic E-state index is 12.7. The van der Waals surface area contributed by atoms with Crippen molar-refractivity contribution in [2.24, 2.45) is 0 Å². The van der Waals surface area contributed by atoms with E-state index in [-0.39, 0.29) is 6.04 Å². The third-order valence-electron chi connectivity index (χ3n) is 5.07. The van der Waals surface area contributed by atoms with Crippen LogP contribution in [-0.4, -0.2) is 78.0 Å². The zero-order valence-corrected chi connectivity index (χ0v) is 15.5. The number of rotatable bonds is 5. The van der Waals surface area contributed by atoms with Crippen LogP contribution in [0.4, 0.5) is 0 Å². The molecule has 0 saturated carbocycles. The largest absolute Gasteiger partial charge is 0.340 e. The molecular weight excluding hydrogens is 318 g/mol. The van der Waals surface area contributed by atoms with Crippen molar-refractivity contribution in [2.45, 2.75) is 25.3 Å². The summed E-state index contributed by atoms with van der Waals surface area (Å²) in [4.78, 5) is 19.5. The molecule has 2 heterocycles. The summed E-state index contributed by atoms with van der Waals surface area (Å²) in [6.45, 7) is 5.08. The van der Waals surface area contributed by atoms with Crippen LogP contribution < -0.4 is 0 Å². The first kappa shape index (κ1) is 17.8. The Labute approximate surface area is 150 Å². The van der Waals surface area contributed by atoms with Crippen molar-refractivity contribution in [1.82, 2.24) is 14.7 Å². The molecule has 5 heteroatoms. The van der Waals surface area contributed by atoms with Gasteiger partial charge in [0.15, 0.2) is 0 Å². The third-order valence-corrected chi connectivity index (χ3v) is 6.21. The lowest BCUT2D eigenvalue weighted by molar-refractivity contribution is -0.135. The number of thioether (sulfide) groups is 1. The summed E-state index contributed by atoms with van der Waals surface area (Å²) in [5.74, 6) is 2.27. The number of aryl methyl sites for hydroxylation is 1. The van der Waals surface area contributed by atoms with Crippen LogP contribution in [0.15, 0.2) is 30.3 Å². The van der Waals surface area contributed by atoms with E-state index in [0.717, 1.165) is 57.2 Å². The molecule has 0 aliphatic carbocycles. The Hall–Kier alpha value is -1.04. The highest BCUT2D eigenvalue weighted by atomic mass is 32.2. The molecule has 1 aromatic rings. The molecule has 2 aliphatic rings. The molecule has 0 spiro atoms. The van der Waals surface area contributed by atoms with E-state index in [0.29, 0.717) is 5.91 Å². The Balaban J connectivity index is 1.42. The molecule has 0 aromatic heterocycles. The van der Waals surface area contributed by atoms with Gasteiger partial charge in [-0.2, -0.15) is 0 Å². The van der Waals surface area contributed by atoms with Gasteiger partial charge in [-0.15, -0.1) is 11.8 Å². The van der Waals surface area contributed by atoms with Gasteiger partial charge in [0.1, 0.15) is 0 Å². The summed E-state index contributed by atoms with van der Waals surface area (Å²) in [5, 5.41) is 0. The fraction of sp³-hybridized carbons (Fsp3) is 0.632. The van der Waals surface area contributed by atoms with Crippen molar-refractivity contribution in [1.29, 1.82) is 0 Å². The average molecular weight is 348 g/mol. The highest BCUT2D eigenvalue weighted by molar-refractivity contribution is 7.99. The van der Waals surface area contributed by atoms with E-state index in [4.69, 9.17) is 0 Å². The number of hydrogen-bond donors (Lipinski definition) is 0. The van der Waals surface area contributed by atoms with E-state index in [2.05, 4.69) is 52.1 Å². The number of nitrogens with zero attached hydrogens (tertiary/aromatic N) is 3. The van der Waals surface area contributed by atoms with E-state index < -0.39 is 0 Å². The average Bonchev–Trinajstić information content (AvgIpc) is 2.89. The Bertz CT molecular complexity index is 525. The van der Waals surface area contributed by atoms with Crippen molar-refractivity contribution in [2.75, 3.05) is 51.4 Å². The first-order valence-corrected chi connectivity index (χ1v) is 10.2. The molecule has 2 aliphatic heterocycles. The normalized spacial score (nSPS) is 23.4. The predicted octanol–water partition coefficient (Wildman–Crippen LogP) is 2.16.